The number of hydrogen-bond acceptors (Lipinski definition) is 4. The molecule has 0 saturated heterocycles. The highest BCUT2D eigenvalue weighted by Crippen LogP contribution is 2.33. The third kappa shape index (κ3) is 2.29. The van der Waals surface area contributed by atoms with Gasteiger partial charge in [0.25, 0.3) is 0 Å². The van der Waals surface area contributed by atoms with Crippen molar-refractivity contribution in [2.75, 3.05) is 11.9 Å². The number of ether oxygens (including phenoxy) is 1. The molecule has 0 unspecified atom stereocenters. The van der Waals surface area contributed by atoms with Crippen LogP contribution in [0.15, 0.2) is 18.2 Å². The number of benzene rings is 1. The molecule has 0 amide bonds. The van der Waals surface area contributed by atoms with E-state index in [9.17, 15) is 0 Å². The Bertz CT molecular complexity index is 546. The van der Waals surface area contributed by atoms with Gasteiger partial charge < -0.3 is 10.1 Å². The van der Waals surface area contributed by atoms with E-state index >= 15 is 0 Å². The third-order valence-corrected chi connectivity index (χ3v) is 4.32. The molecule has 0 spiro atoms. The Kier molecular flexibility index (Phi) is 3.12. The van der Waals surface area contributed by atoms with Crippen molar-refractivity contribution in [1.29, 1.82) is 0 Å². The van der Waals surface area contributed by atoms with Crippen LogP contribution >= 0.6 is 11.3 Å². The van der Waals surface area contributed by atoms with Gasteiger partial charge in [0.15, 0.2) is 5.13 Å². The minimum Gasteiger partial charge on any atom is -0.494 e. The number of nitrogens with one attached hydrogen (secondary N) is 1. The molecular formula is C14H18N2OS. The molecule has 96 valence electrons. The van der Waals surface area contributed by atoms with Crippen molar-refractivity contribution in [3.63, 3.8) is 0 Å². The second-order valence-corrected chi connectivity index (χ2v) is 6.03. The van der Waals surface area contributed by atoms with E-state index in [1.54, 1.807) is 11.3 Å². The predicted octanol–water partition coefficient (Wildman–Crippen LogP) is 3.91. The summed E-state index contributed by atoms with van der Waals surface area (Å²) in [5.74, 6) is 1.79. The Balaban J connectivity index is 1.77. The van der Waals surface area contributed by atoms with Crippen LogP contribution in [-0.4, -0.2) is 17.6 Å². The van der Waals surface area contributed by atoms with E-state index in [1.165, 1.54) is 17.5 Å². The van der Waals surface area contributed by atoms with E-state index in [0.29, 0.717) is 12.6 Å². The molecule has 1 aliphatic carbocycles. The number of rotatable bonds is 4. The van der Waals surface area contributed by atoms with E-state index in [0.717, 1.165) is 22.3 Å². The monoisotopic (exact) mass is 262 g/mol. The smallest absolute Gasteiger partial charge is 0.184 e. The number of fused-ring (bicyclic) bond motifs is 1. The molecule has 0 atom stereocenters. The largest absolute Gasteiger partial charge is 0.494 e. The molecule has 1 saturated carbocycles. The van der Waals surface area contributed by atoms with Crippen LogP contribution in [0.25, 0.3) is 10.2 Å². The Morgan fingerprint density at radius 3 is 3.00 bits per heavy atom. The zero-order valence-electron chi connectivity index (χ0n) is 10.8. The van der Waals surface area contributed by atoms with Gasteiger partial charge in [-0.2, -0.15) is 0 Å². The fourth-order valence-electron chi connectivity index (χ4n) is 2.42. The first-order valence-corrected chi connectivity index (χ1v) is 7.36. The fraction of sp³-hybridized carbons (Fsp3) is 0.500. The van der Waals surface area contributed by atoms with Crippen LogP contribution in [0.3, 0.4) is 0 Å². The molecule has 0 aliphatic heterocycles. The lowest BCUT2D eigenvalue weighted by molar-refractivity contribution is 0.309. The van der Waals surface area contributed by atoms with Crippen molar-refractivity contribution in [1.82, 2.24) is 4.98 Å². The maximum atomic E-state index is 5.51. The maximum Gasteiger partial charge on any atom is 0.184 e. The lowest BCUT2D eigenvalue weighted by Crippen LogP contribution is -2.33. The first-order valence-electron chi connectivity index (χ1n) is 6.54. The molecule has 3 rings (SSSR count). The molecule has 1 heterocycles. The number of thiazole rings is 1. The summed E-state index contributed by atoms with van der Waals surface area (Å²) in [5.41, 5.74) is 1.05. The lowest BCUT2D eigenvalue weighted by Gasteiger charge is -2.33. The first-order chi connectivity index (χ1) is 8.74. The first kappa shape index (κ1) is 11.8. The Morgan fingerprint density at radius 2 is 2.28 bits per heavy atom. The highest BCUT2D eigenvalue weighted by atomic mass is 32.1. The van der Waals surface area contributed by atoms with E-state index < -0.39 is 0 Å². The molecule has 0 radical (unpaired) electrons. The minimum atomic E-state index is 0.618. The summed E-state index contributed by atoms with van der Waals surface area (Å²) < 4.78 is 6.70. The van der Waals surface area contributed by atoms with E-state index in [4.69, 9.17) is 4.74 Å². The molecule has 1 fully saturated rings. The predicted molar refractivity (Wildman–Crippen MR) is 76.6 cm³/mol. The Hall–Kier alpha value is -1.29. The summed E-state index contributed by atoms with van der Waals surface area (Å²) in [6, 6.07) is 6.71. The van der Waals surface area contributed by atoms with Gasteiger partial charge in [-0.05, 0) is 43.9 Å². The van der Waals surface area contributed by atoms with Gasteiger partial charge in [0.1, 0.15) is 5.75 Å². The molecular weight excluding hydrogens is 244 g/mol. The van der Waals surface area contributed by atoms with Crippen molar-refractivity contribution in [2.45, 2.75) is 32.7 Å². The van der Waals surface area contributed by atoms with Gasteiger partial charge in [-0.25, -0.2) is 4.98 Å². The van der Waals surface area contributed by atoms with Gasteiger partial charge in [-0.3, -0.25) is 0 Å². The maximum absolute atomic E-state index is 5.51. The number of hydrogen-bond donors (Lipinski definition) is 1. The zero-order chi connectivity index (χ0) is 12.5. The lowest BCUT2D eigenvalue weighted by atomic mass is 9.82. The van der Waals surface area contributed by atoms with Crippen molar-refractivity contribution in [3.8, 4) is 5.75 Å². The van der Waals surface area contributed by atoms with Crippen LogP contribution in [0.2, 0.25) is 0 Å². The topological polar surface area (TPSA) is 34.1 Å². The third-order valence-electron chi connectivity index (χ3n) is 3.37. The van der Waals surface area contributed by atoms with Crippen LogP contribution in [-0.2, 0) is 0 Å². The van der Waals surface area contributed by atoms with Gasteiger partial charge in [0, 0.05) is 6.04 Å². The Morgan fingerprint density at radius 1 is 1.44 bits per heavy atom. The van der Waals surface area contributed by atoms with Gasteiger partial charge >= 0.3 is 0 Å². The minimum absolute atomic E-state index is 0.618. The van der Waals surface area contributed by atoms with Gasteiger partial charge in [-0.1, -0.05) is 18.3 Å². The molecule has 1 aliphatic rings. The Labute approximate surface area is 111 Å². The van der Waals surface area contributed by atoms with Crippen LogP contribution in [0, 0.1) is 5.92 Å². The fourth-order valence-corrected chi connectivity index (χ4v) is 3.39. The molecule has 18 heavy (non-hydrogen) atoms. The highest BCUT2D eigenvalue weighted by molar-refractivity contribution is 7.22. The second-order valence-electron chi connectivity index (χ2n) is 5.00. The normalized spacial score (nSPS) is 22.8. The molecule has 1 aromatic carbocycles. The van der Waals surface area contributed by atoms with Crippen molar-refractivity contribution < 1.29 is 4.74 Å². The van der Waals surface area contributed by atoms with E-state index in [1.807, 2.05) is 19.1 Å². The van der Waals surface area contributed by atoms with Crippen molar-refractivity contribution >= 4 is 26.7 Å². The highest BCUT2D eigenvalue weighted by Gasteiger charge is 2.25. The molecule has 4 heteroatoms. The quantitative estimate of drug-likeness (QED) is 0.907. The van der Waals surface area contributed by atoms with Gasteiger partial charge in [-0.15, -0.1) is 0 Å². The summed E-state index contributed by atoms with van der Waals surface area (Å²) in [6.45, 7) is 5.00. The van der Waals surface area contributed by atoms with Crippen LogP contribution in [0.1, 0.15) is 26.7 Å². The summed E-state index contributed by atoms with van der Waals surface area (Å²) in [6.07, 6.45) is 2.53. The van der Waals surface area contributed by atoms with E-state index in [-0.39, 0.29) is 0 Å². The van der Waals surface area contributed by atoms with E-state index in [2.05, 4.69) is 23.3 Å². The van der Waals surface area contributed by atoms with Crippen LogP contribution in [0.5, 0.6) is 5.75 Å². The molecule has 1 N–H and O–H groups in total. The molecule has 2 aromatic rings. The second kappa shape index (κ2) is 4.76. The summed E-state index contributed by atoms with van der Waals surface area (Å²) in [5, 5.41) is 4.55. The van der Waals surface area contributed by atoms with Crippen molar-refractivity contribution in [3.05, 3.63) is 18.2 Å². The number of aromatic nitrogens is 1. The number of anilines is 1. The summed E-state index contributed by atoms with van der Waals surface area (Å²) >= 11 is 1.71. The summed E-state index contributed by atoms with van der Waals surface area (Å²) in [4.78, 5) is 4.61. The van der Waals surface area contributed by atoms with Crippen molar-refractivity contribution in [2.24, 2.45) is 5.92 Å². The standard InChI is InChI=1S/C14H18N2OS/c1-3-17-11-4-5-12-13(8-11)18-14(16-12)15-10-6-9(2)7-10/h4-5,8-10H,3,6-7H2,1-2H3,(H,15,16). The average Bonchev–Trinajstić information content (AvgIpc) is 2.69. The van der Waals surface area contributed by atoms with Crippen LogP contribution in [0.4, 0.5) is 5.13 Å². The number of nitrogens with zero attached hydrogens (tertiary/aromatic N) is 1. The zero-order valence-corrected chi connectivity index (χ0v) is 11.6. The summed E-state index contributed by atoms with van der Waals surface area (Å²) in [7, 11) is 0. The van der Waals surface area contributed by atoms with Gasteiger partial charge in [0.05, 0.1) is 16.8 Å². The van der Waals surface area contributed by atoms with Gasteiger partial charge in [0.2, 0.25) is 0 Å². The molecule has 0 bridgehead atoms. The molecule has 1 aromatic heterocycles. The SMILES string of the molecule is CCOc1ccc2nc(NC3CC(C)C3)sc2c1. The average molecular weight is 262 g/mol. The molecule has 3 nitrogen and oxygen atoms in total. The van der Waals surface area contributed by atoms with Crippen LogP contribution < -0.4 is 10.1 Å².